The number of carbonyl (C=O) groups excluding carboxylic acids is 1. The van der Waals surface area contributed by atoms with Crippen LogP contribution < -0.4 is 10.2 Å². The van der Waals surface area contributed by atoms with Gasteiger partial charge in [0.05, 0.1) is 11.1 Å². The van der Waals surface area contributed by atoms with Crippen LogP contribution in [-0.2, 0) is 9.57 Å². The number of fused-ring (bicyclic) bond motifs is 3. The van der Waals surface area contributed by atoms with Crippen molar-refractivity contribution in [3.8, 4) is 5.75 Å². The van der Waals surface area contributed by atoms with E-state index >= 15 is 0 Å². The van der Waals surface area contributed by atoms with Crippen molar-refractivity contribution in [2.75, 3.05) is 6.61 Å². The molecular weight excluding hydrogens is 383 g/mol. The van der Waals surface area contributed by atoms with Crippen LogP contribution in [0, 0.1) is 0 Å². The first-order valence-corrected chi connectivity index (χ1v) is 8.39. The molecule has 1 aliphatic rings. The highest BCUT2D eigenvalue weighted by Crippen LogP contribution is 2.28. The van der Waals surface area contributed by atoms with E-state index in [1.165, 1.54) is 12.1 Å². The van der Waals surface area contributed by atoms with Gasteiger partial charge in [0.2, 0.25) is 0 Å². The minimum Gasteiger partial charge on any atom is -0.406 e. The van der Waals surface area contributed by atoms with Crippen LogP contribution in [0.2, 0.25) is 0 Å². The van der Waals surface area contributed by atoms with Crippen molar-refractivity contribution in [3.05, 3.63) is 29.8 Å². The highest BCUT2D eigenvalue weighted by Gasteiger charge is 2.31. The topological polar surface area (TPSA) is 99.9 Å². The number of tetrazole rings is 1. The summed E-state index contributed by atoms with van der Waals surface area (Å²) in [6, 6.07) is 5.11. The summed E-state index contributed by atoms with van der Waals surface area (Å²) in [4.78, 5) is 17.8. The molecule has 3 aromatic rings. The Kier molecular flexibility index (Phi) is 4.73. The minimum atomic E-state index is -4.83. The molecular formula is C16H14F3N5O4. The summed E-state index contributed by atoms with van der Waals surface area (Å²) in [5.41, 5.74) is 2.71. The molecule has 2 aromatic heterocycles. The van der Waals surface area contributed by atoms with Crippen molar-refractivity contribution in [3.63, 3.8) is 0 Å². The van der Waals surface area contributed by atoms with Gasteiger partial charge in [0.1, 0.15) is 5.75 Å². The largest absolute Gasteiger partial charge is 0.573 e. The second-order valence-electron chi connectivity index (χ2n) is 6.09. The van der Waals surface area contributed by atoms with E-state index in [4.69, 9.17) is 9.57 Å². The maximum atomic E-state index is 12.5. The van der Waals surface area contributed by atoms with Crippen molar-refractivity contribution in [2.24, 2.45) is 0 Å². The van der Waals surface area contributed by atoms with Gasteiger partial charge >= 0.3 is 6.36 Å². The molecule has 1 N–H and O–H groups in total. The van der Waals surface area contributed by atoms with Gasteiger partial charge in [-0.25, -0.2) is 10.3 Å². The van der Waals surface area contributed by atoms with Crippen LogP contribution in [0.3, 0.4) is 0 Å². The van der Waals surface area contributed by atoms with E-state index in [1.54, 1.807) is 0 Å². The van der Waals surface area contributed by atoms with Gasteiger partial charge in [0, 0.05) is 24.5 Å². The van der Waals surface area contributed by atoms with E-state index in [0.717, 1.165) is 29.5 Å². The number of nitrogens with zero attached hydrogens (tertiary/aromatic N) is 4. The van der Waals surface area contributed by atoms with Gasteiger partial charge in [-0.3, -0.25) is 4.79 Å². The zero-order valence-electron chi connectivity index (χ0n) is 14.3. The number of benzene rings is 1. The van der Waals surface area contributed by atoms with Crippen LogP contribution >= 0.6 is 0 Å². The number of nitrogens with one attached hydrogen (secondary N) is 1. The molecule has 9 nitrogen and oxygen atoms in total. The number of carbonyl (C=O) groups is 1. The highest BCUT2D eigenvalue weighted by atomic mass is 19.4. The van der Waals surface area contributed by atoms with Crippen LogP contribution in [0.4, 0.5) is 13.2 Å². The molecule has 0 aliphatic carbocycles. The molecule has 1 atom stereocenters. The predicted molar refractivity (Wildman–Crippen MR) is 87.1 cm³/mol. The molecule has 4 rings (SSSR count). The smallest absolute Gasteiger partial charge is 0.406 e. The number of hydrogen-bond acceptors (Lipinski definition) is 7. The summed E-state index contributed by atoms with van der Waals surface area (Å²) < 4.78 is 47.8. The molecule has 1 amide bonds. The van der Waals surface area contributed by atoms with Crippen LogP contribution in [0.1, 0.15) is 29.6 Å². The molecule has 1 unspecified atom stereocenters. The number of amides is 1. The normalized spacial score (nSPS) is 17.8. The predicted octanol–water partition coefficient (Wildman–Crippen LogP) is 2.36. The molecule has 1 aliphatic heterocycles. The Morgan fingerprint density at radius 3 is 2.89 bits per heavy atom. The Morgan fingerprint density at radius 2 is 2.14 bits per heavy atom. The SMILES string of the molecule is O=C(NOC1CCCCO1)c1cc2ccc(OC(F)(F)F)cc2n2nnnc12. The molecule has 12 heteroatoms. The molecule has 3 heterocycles. The first kappa shape index (κ1) is 18.4. The van der Waals surface area contributed by atoms with Gasteiger partial charge in [0.25, 0.3) is 5.91 Å². The second-order valence-corrected chi connectivity index (χ2v) is 6.09. The molecule has 0 saturated carbocycles. The molecule has 0 radical (unpaired) electrons. The number of alkyl halides is 3. The summed E-state index contributed by atoms with van der Waals surface area (Å²) in [6.45, 7) is 0.553. The van der Waals surface area contributed by atoms with Gasteiger partial charge in [0.15, 0.2) is 11.9 Å². The van der Waals surface area contributed by atoms with Crippen LogP contribution in [0.5, 0.6) is 5.75 Å². The number of pyridine rings is 1. The Bertz CT molecular complexity index is 1020. The van der Waals surface area contributed by atoms with Crippen LogP contribution in [-0.4, -0.2) is 45.2 Å². The third kappa shape index (κ3) is 3.82. The third-order valence-electron chi connectivity index (χ3n) is 4.14. The lowest BCUT2D eigenvalue weighted by Crippen LogP contribution is -2.33. The Morgan fingerprint density at radius 1 is 1.29 bits per heavy atom. The standard InChI is InChI=1S/C16H14F3N5O4/c17-16(18,19)27-10-5-4-9-7-11(14-20-22-23-24(14)12(9)8-10)15(25)21-28-13-3-1-2-6-26-13/h4-5,7-8,13H,1-3,6H2,(H,21,25). The van der Waals surface area contributed by atoms with Crippen molar-refractivity contribution in [1.82, 2.24) is 25.5 Å². The Hall–Kier alpha value is -2.99. The first-order valence-electron chi connectivity index (χ1n) is 8.39. The summed E-state index contributed by atoms with van der Waals surface area (Å²) in [6.07, 6.45) is -2.85. The zero-order valence-corrected chi connectivity index (χ0v) is 14.3. The number of rotatable bonds is 4. The number of hydrogen-bond donors (Lipinski definition) is 1. The van der Waals surface area contributed by atoms with E-state index in [-0.39, 0.29) is 16.7 Å². The molecule has 1 fully saturated rings. The minimum absolute atomic E-state index is 0.0577. The fraction of sp³-hybridized carbons (Fsp3) is 0.375. The average molecular weight is 397 g/mol. The Labute approximate surface area is 155 Å². The van der Waals surface area contributed by atoms with Crippen LogP contribution in [0.15, 0.2) is 24.3 Å². The van der Waals surface area contributed by atoms with Gasteiger partial charge in [-0.1, -0.05) is 0 Å². The van der Waals surface area contributed by atoms with Gasteiger partial charge in [-0.15, -0.1) is 18.3 Å². The molecule has 0 spiro atoms. The number of hydroxylamine groups is 1. The number of ether oxygens (including phenoxy) is 2. The highest BCUT2D eigenvalue weighted by molar-refractivity contribution is 6.03. The fourth-order valence-electron chi connectivity index (χ4n) is 2.91. The van der Waals surface area contributed by atoms with E-state index < -0.39 is 24.3 Å². The Balaban J connectivity index is 1.64. The van der Waals surface area contributed by atoms with Crippen LogP contribution in [0.25, 0.3) is 16.6 Å². The molecule has 28 heavy (non-hydrogen) atoms. The van der Waals surface area contributed by atoms with Crippen molar-refractivity contribution >= 4 is 22.5 Å². The van der Waals surface area contributed by atoms with Gasteiger partial charge in [-0.2, -0.15) is 4.52 Å². The van der Waals surface area contributed by atoms with Gasteiger partial charge in [-0.05, 0) is 41.5 Å². The summed E-state index contributed by atoms with van der Waals surface area (Å²) >= 11 is 0. The molecule has 148 valence electrons. The zero-order chi connectivity index (χ0) is 19.7. The lowest BCUT2D eigenvalue weighted by Gasteiger charge is -2.22. The van der Waals surface area contributed by atoms with E-state index in [0.29, 0.717) is 18.4 Å². The van der Waals surface area contributed by atoms with Crippen molar-refractivity contribution in [1.29, 1.82) is 0 Å². The second kappa shape index (κ2) is 7.20. The molecule has 1 aromatic carbocycles. The number of aromatic nitrogens is 4. The molecule has 0 bridgehead atoms. The fourth-order valence-corrected chi connectivity index (χ4v) is 2.91. The average Bonchev–Trinajstić information content (AvgIpc) is 3.15. The monoisotopic (exact) mass is 397 g/mol. The first-order chi connectivity index (χ1) is 13.4. The maximum Gasteiger partial charge on any atom is 0.573 e. The van der Waals surface area contributed by atoms with E-state index in [2.05, 4.69) is 25.7 Å². The van der Waals surface area contributed by atoms with E-state index in [1.807, 2.05) is 0 Å². The van der Waals surface area contributed by atoms with Gasteiger partial charge < -0.3 is 9.47 Å². The number of halogens is 3. The lowest BCUT2D eigenvalue weighted by atomic mass is 10.1. The van der Waals surface area contributed by atoms with Crippen molar-refractivity contribution in [2.45, 2.75) is 31.9 Å². The summed E-state index contributed by atoms with van der Waals surface area (Å²) in [5.74, 6) is -1.03. The summed E-state index contributed by atoms with van der Waals surface area (Å²) in [5, 5.41) is 11.5. The quantitative estimate of drug-likeness (QED) is 0.675. The van der Waals surface area contributed by atoms with E-state index in [9.17, 15) is 18.0 Å². The van der Waals surface area contributed by atoms with Crippen molar-refractivity contribution < 1.29 is 32.3 Å². The third-order valence-corrected chi connectivity index (χ3v) is 4.14. The molecule has 1 saturated heterocycles. The maximum absolute atomic E-state index is 12.5. The summed E-state index contributed by atoms with van der Waals surface area (Å²) in [7, 11) is 0. The lowest BCUT2D eigenvalue weighted by molar-refractivity contribution is -0.274.